The number of nitrogens with two attached hydrogens (primary N) is 1. The van der Waals surface area contributed by atoms with E-state index in [9.17, 15) is 41.7 Å². The molecular weight excluding hydrogens is 891 g/mol. The largest absolute Gasteiger partial charge is 0.378 e. The highest BCUT2D eigenvalue weighted by Gasteiger charge is 2.44. The van der Waals surface area contributed by atoms with Gasteiger partial charge in [-0.2, -0.15) is 8.42 Å². The van der Waals surface area contributed by atoms with Gasteiger partial charge in [-0.1, -0.05) is 103 Å². The number of piperidine rings is 1. The molecule has 2 aliphatic heterocycles. The van der Waals surface area contributed by atoms with Gasteiger partial charge in [-0.15, -0.1) is 0 Å². The van der Waals surface area contributed by atoms with Crippen molar-refractivity contribution >= 4 is 45.6 Å². The summed E-state index contributed by atoms with van der Waals surface area (Å²) in [7, 11) is -4.19. The van der Waals surface area contributed by atoms with Gasteiger partial charge >= 0.3 is 0 Å². The van der Waals surface area contributed by atoms with E-state index < -0.39 is 68.8 Å². The fraction of sp³-hybridized carbons (Fsp3) is 0.360. The molecule has 4 aromatic rings. The zero-order chi connectivity index (χ0) is 48.5. The topological polar surface area (TPSA) is 255 Å². The summed E-state index contributed by atoms with van der Waals surface area (Å²) in [6.07, 6.45) is 3.39. The molecule has 360 valence electrons. The van der Waals surface area contributed by atoms with Gasteiger partial charge in [0.2, 0.25) is 35.4 Å². The first-order valence-electron chi connectivity index (χ1n) is 22.6. The molecule has 8 N–H and O–H groups in total. The minimum atomic E-state index is -4.19. The van der Waals surface area contributed by atoms with E-state index in [1.807, 2.05) is 54.6 Å². The lowest BCUT2D eigenvalue weighted by atomic mass is 9.74. The molecular formula is C50H59N7O10S. The number of carbonyl (C=O) groups is 6. The second-order valence-electron chi connectivity index (χ2n) is 17.0. The fourth-order valence-electron chi connectivity index (χ4n) is 8.41. The third-order valence-corrected chi connectivity index (χ3v) is 12.6. The number of benzene rings is 4. The lowest BCUT2D eigenvalue weighted by Gasteiger charge is -2.42. The van der Waals surface area contributed by atoms with E-state index in [4.69, 9.17) is 10.5 Å². The number of nitrogens with zero attached hydrogens (tertiary/aromatic N) is 1. The van der Waals surface area contributed by atoms with Crippen LogP contribution in [0.3, 0.4) is 0 Å². The summed E-state index contributed by atoms with van der Waals surface area (Å²) >= 11 is 0. The number of nitrogens with one attached hydrogen (secondary N) is 5. The second-order valence-corrected chi connectivity index (χ2v) is 18.5. The molecule has 0 radical (unpaired) electrons. The Bertz CT molecular complexity index is 2540. The summed E-state index contributed by atoms with van der Waals surface area (Å²) in [4.78, 5) is 84.5. The van der Waals surface area contributed by atoms with Crippen LogP contribution in [-0.4, -0.2) is 111 Å². The van der Waals surface area contributed by atoms with Gasteiger partial charge in [0.05, 0.1) is 25.0 Å². The average molecular weight is 950 g/mol. The highest BCUT2D eigenvalue weighted by atomic mass is 32.2. The van der Waals surface area contributed by atoms with Crippen molar-refractivity contribution in [2.75, 3.05) is 45.9 Å². The van der Waals surface area contributed by atoms with Gasteiger partial charge < -0.3 is 42.0 Å². The molecule has 3 atom stereocenters. The summed E-state index contributed by atoms with van der Waals surface area (Å²) in [5.74, 6) is -3.43. The Morgan fingerprint density at radius 3 is 2.18 bits per heavy atom. The Morgan fingerprint density at radius 1 is 0.809 bits per heavy atom. The van der Waals surface area contributed by atoms with Crippen LogP contribution in [-0.2, 0) is 75.2 Å². The minimum Gasteiger partial charge on any atom is -0.378 e. The van der Waals surface area contributed by atoms with Gasteiger partial charge in [0.15, 0.2) is 0 Å². The van der Waals surface area contributed by atoms with Crippen LogP contribution in [0.15, 0.2) is 115 Å². The monoisotopic (exact) mass is 949 g/mol. The summed E-state index contributed by atoms with van der Waals surface area (Å²) in [5, 5.41) is 14.3. The Hall–Kier alpha value is -6.73. The van der Waals surface area contributed by atoms with E-state index in [1.165, 1.54) is 4.90 Å². The third-order valence-electron chi connectivity index (χ3n) is 11.9. The van der Waals surface area contributed by atoms with E-state index >= 15 is 0 Å². The van der Waals surface area contributed by atoms with E-state index in [2.05, 4.69) is 26.6 Å². The van der Waals surface area contributed by atoms with Gasteiger partial charge in [0, 0.05) is 57.8 Å². The quantitative estimate of drug-likeness (QED) is 0.0755. The van der Waals surface area contributed by atoms with E-state index in [1.54, 1.807) is 48.5 Å². The summed E-state index contributed by atoms with van der Waals surface area (Å²) in [6, 6.07) is 28.5. The van der Waals surface area contributed by atoms with Gasteiger partial charge in [-0.25, -0.2) is 0 Å². The van der Waals surface area contributed by atoms with Crippen molar-refractivity contribution < 1.29 is 46.5 Å². The molecule has 0 aromatic heterocycles. The van der Waals surface area contributed by atoms with Crippen molar-refractivity contribution in [1.82, 2.24) is 31.5 Å². The van der Waals surface area contributed by atoms with Gasteiger partial charge in [0.1, 0.15) is 17.8 Å². The molecule has 0 unspecified atom stereocenters. The van der Waals surface area contributed by atoms with Crippen molar-refractivity contribution in [2.24, 2.45) is 11.1 Å². The van der Waals surface area contributed by atoms with Crippen LogP contribution >= 0.6 is 0 Å². The molecule has 0 saturated carbocycles. The van der Waals surface area contributed by atoms with Crippen LogP contribution in [0.5, 0.6) is 0 Å². The van der Waals surface area contributed by atoms with E-state index in [0.717, 1.165) is 34.4 Å². The van der Waals surface area contributed by atoms with E-state index in [-0.39, 0.29) is 58.5 Å². The number of amides is 6. The Kier molecular flexibility index (Phi) is 18.1. The van der Waals surface area contributed by atoms with Crippen molar-refractivity contribution in [1.29, 1.82) is 0 Å². The summed E-state index contributed by atoms with van der Waals surface area (Å²) in [6.45, 7) is 1.36. The number of hydrogen-bond donors (Lipinski definition) is 7. The zero-order valence-electron chi connectivity index (χ0n) is 37.8. The summed E-state index contributed by atoms with van der Waals surface area (Å²) in [5.41, 5.74) is 9.17. The third kappa shape index (κ3) is 15.1. The Morgan fingerprint density at radius 2 is 1.49 bits per heavy atom. The lowest BCUT2D eigenvalue weighted by molar-refractivity contribution is -0.141. The van der Waals surface area contributed by atoms with Crippen LogP contribution in [0.4, 0.5) is 0 Å². The Balaban J connectivity index is 1.30. The lowest BCUT2D eigenvalue weighted by Crippen LogP contribution is -2.58. The maximum Gasteiger partial charge on any atom is 0.269 e. The Labute approximate surface area is 396 Å². The van der Waals surface area contributed by atoms with Gasteiger partial charge in [-0.3, -0.25) is 33.3 Å². The number of rotatable bonds is 13. The maximum absolute atomic E-state index is 14.9. The zero-order valence-corrected chi connectivity index (χ0v) is 38.6. The van der Waals surface area contributed by atoms with Crippen LogP contribution in [0.1, 0.15) is 47.1 Å². The molecule has 68 heavy (non-hydrogen) atoms. The first-order valence-corrected chi connectivity index (χ1v) is 24.2. The van der Waals surface area contributed by atoms with Crippen LogP contribution in [0.25, 0.3) is 11.1 Å². The van der Waals surface area contributed by atoms with Crippen molar-refractivity contribution in [3.8, 4) is 11.1 Å². The normalized spacial score (nSPS) is 20.6. The van der Waals surface area contributed by atoms with Crippen LogP contribution in [0.2, 0.25) is 0 Å². The molecule has 1 fully saturated rings. The van der Waals surface area contributed by atoms with Crippen molar-refractivity contribution in [3.63, 3.8) is 0 Å². The van der Waals surface area contributed by atoms with Crippen LogP contribution < -0.4 is 32.3 Å². The minimum absolute atomic E-state index is 0.00366. The maximum atomic E-state index is 14.9. The van der Waals surface area contributed by atoms with Crippen molar-refractivity contribution in [2.45, 2.75) is 62.9 Å². The predicted molar refractivity (Wildman–Crippen MR) is 255 cm³/mol. The molecule has 4 aromatic carbocycles. The molecule has 18 heteroatoms. The molecule has 0 spiro atoms. The fourth-order valence-corrected chi connectivity index (χ4v) is 9.02. The smallest absolute Gasteiger partial charge is 0.269 e. The first-order chi connectivity index (χ1) is 32.7. The van der Waals surface area contributed by atoms with Gasteiger partial charge in [0.25, 0.3) is 10.1 Å². The molecule has 6 rings (SSSR count). The second kappa shape index (κ2) is 24.3. The molecule has 2 aliphatic rings. The SMILES string of the molecule is NCCOCCNC(=O)[C@@H]1CCNC(=O)/C=C/C(=O)N2CCC[C@](Cc3ccccc3)(C2)C(=O)N[C@@H](Cc2ccc(-c3ccc(CS(=O)(=O)O)cc3)cc2)C(=O)NCc2ccccc2CC(=O)N1. The number of carbonyl (C=O) groups excluding carboxylic acids is 6. The summed E-state index contributed by atoms with van der Waals surface area (Å²) < 4.78 is 37.4. The molecule has 0 aliphatic carbocycles. The standard InChI is InChI=1S/C50H59N7O10S/c51-23-27-67-28-25-53-47(61)42-21-24-52-44(58)19-20-46(60)57-26-6-22-50(34-57,31-36-7-2-1-3-8-36)49(63)56-43(48(62)54-32-41-10-5-4-9-40(41)30-45(59)55-42)29-35-11-15-38(16-12-35)39-17-13-37(14-18-39)33-68(64,65)66/h1-5,7-20,42-43H,6,21-34,51H2,(H,52,58)(H,53,61)(H,54,62)(H,55,59)(H,56,63)(H,64,65,66)/b20-19+/t42-,43-,50-/m0/s1. The average Bonchev–Trinajstić information content (AvgIpc) is 3.32. The van der Waals surface area contributed by atoms with Crippen LogP contribution in [0, 0.1) is 5.41 Å². The molecule has 6 amide bonds. The highest BCUT2D eigenvalue weighted by Crippen LogP contribution is 2.35. The number of fused-ring (bicyclic) bond motifs is 3. The number of hydrogen-bond acceptors (Lipinski definition) is 10. The molecule has 17 nitrogen and oxygen atoms in total. The van der Waals surface area contributed by atoms with Gasteiger partial charge in [-0.05, 0) is 64.6 Å². The molecule has 2 heterocycles. The number of ether oxygens (including phenoxy) is 1. The molecule has 1 saturated heterocycles. The predicted octanol–water partition coefficient (Wildman–Crippen LogP) is 2.13. The first kappa shape index (κ1) is 50.7. The van der Waals surface area contributed by atoms with Crippen molar-refractivity contribution in [3.05, 3.63) is 143 Å². The highest BCUT2D eigenvalue weighted by molar-refractivity contribution is 7.85. The molecule has 2 bridgehead atoms. The van der Waals surface area contributed by atoms with E-state index in [0.29, 0.717) is 49.2 Å².